The average Bonchev–Trinajstić information content (AvgIpc) is 3.10. The van der Waals surface area contributed by atoms with Gasteiger partial charge < -0.3 is 13.5 Å². The van der Waals surface area contributed by atoms with Crippen LogP contribution in [0.5, 0.6) is 0 Å². The van der Waals surface area contributed by atoms with Gasteiger partial charge in [0, 0.05) is 11.1 Å². The number of oxazole rings is 1. The molecule has 130 valence electrons. The monoisotopic (exact) mass is 357 g/mol. The van der Waals surface area contributed by atoms with E-state index >= 15 is 0 Å². The molecule has 0 amide bonds. The van der Waals surface area contributed by atoms with E-state index in [9.17, 15) is 4.57 Å². The first-order valence-electron chi connectivity index (χ1n) is 8.19. The third kappa shape index (κ3) is 3.74. The summed E-state index contributed by atoms with van der Waals surface area (Å²) in [6.07, 6.45) is 0. The summed E-state index contributed by atoms with van der Waals surface area (Å²) in [6, 6.07) is 18.9. The molecule has 5 nitrogen and oxygen atoms in total. The highest BCUT2D eigenvalue weighted by Gasteiger charge is 2.36. The van der Waals surface area contributed by atoms with Crippen molar-refractivity contribution in [2.24, 2.45) is 0 Å². The second-order valence-corrected chi connectivity index (χ2v) is 7.17. The van der Waals surface area contributed by atoms with Crippen molar-refractivity contribution < 1.29 is 18.0 Å². The summed E-state index contributed by atoms with van der Waals surface area (Å²) < 4.78 is 30.2. The molecule has 0 spiro atoms. The molecular weight excluding hydrogens is 337 g/mol. The van der Waals surface area contributed by atoms with Crippen LogP contribution >= 0.6 is 7.60 Å². The lowest BCUT2D eigenvalue weighted by atomic mass is 10.2. The first-order valence-corrected chi connectivity index (χ1v) is 9.73. The van der Waals surface area contributed by atoms with E-state index in [0.717, 1.165) is 11.1 Å². The smallest absolute Gasteiger partial charge is 0.383 e. The van der Waals surface area contributed by atoms with Gasteiger partial charge in [0.05, 0.1) is 13.2 Å². The molecular formula is C19H20NO4P. The molecule has 2 aromatic carbocycles. The number of benzene rings is 2. The van der Waals surface area contributed by atoms with E-state index in [0.29, 0.717) is 11.7 Å². The number of aromatic nitrogens is 1. The number of rotatable bonds is 7. The fraction of sp³-hybridized carbons (Fsp3) is 0.211. The zero-order valence-corrected chi connectivity index (χ0v) is 15.1. The maximum absolute atomic E-state index is 13.3. The van der Waals surface area contributed by atoms with Gasteiger partial charge in [0.1, 0.15) is 0 Å². The van der Waals surface area contributed by atoms with Crippen LogP contribution in [0.25, 0.3) is 22.8 Å². The molecule has 0 saturated heterocycles. The van der Waals surface area contributed by atoms with E-state index in [1.54, 1.807) is 13.8 Å². The molecule has 0 N–H and O–H groups in total. The summed E-state index contributed by atoms with van der Waals surface area (Å²) >= 11 is 0. The van der Waals surface area contributed by atoms with E-state index in [-0.39, 0.29) is 18.6 Å². The summed E-state index contributed by atoms with van der Waals surface area (Å²) in [4.78, 5) is 4.49. The van der Waals surface area contributed by atoms with Crippen LogP contribution in [0, 0.1) is 0 Å². The maximum atomic E-state index is 13.3. The van der Waals surface area contributed by atoms with Crippen molar-refractivity contribution in [3.63, 3.8) is 0 Å². The van der Waals surface area contributed by atoms with Crippen LogP contribution in [-0.2, 0) is 13.6 Å². The summed E-state index contributed by atoms with van der Waals surface area (Å²) in [5.41, 5.74) is 1.78. The normalized spacial score (nSPS) is 11.6. The molecule has 0 radical (unpaired) electrons. The molecule has 0 saturated carbocycles. The van der Waals surface area contributed by atoms with E-state index in [1.165, 1.54) is 0 Å². The minimum absolute atomic E-state index is 0.209. The van der Waals surface area contributed by atoms with Crippen LogP contribution in [0.4, 0.5) is 0 Å². The third-order valence-electron chi connectivity index (χ3n) is 3.52. The van der Waals surface area contributed by atoms with Gasteiger partial charge in [0.25, 0.3) is 0 Å². The van der Waals surface area contributed by atoms with Crippen LogP contribution in [0.2, 0.25) is 0 Å². The Bertz CT molecular complexity index is 852. The lowest BCUT2D eigenvalue weighted by molar-refractivity contribution is 0.229. The van der Waals surface area contributed by atoms with Gasteiger partial charge in [-0.1, -0.05) is 48.5 Å². The predicted octanol–water partition coefficient (Wildman–Crippen LogP) is 4.90. The van der Waals surface area contributed by atoms with Gasteiger partial charge in [-0.05, 0) is 26.0 Å². The van der Waals surface area contributed by atoms with Crippen LogP contribution in [0.3, 0.4) is 0 Å². The molecule has 1 heterocycles. The Morgan fingerprint density at radius 2 is 1.40 bits per heavy atom. The molecule has 0 aliphatic heterocycles. The fourth-order valence-corrected chi connectivity index (χ4v) is 4.11. The molecule has 25 heavy (non-hydrogen) atoms. The molecule has 0 atom stereocenters. The standard InChI is InChI=1S/C19H20NO4P/c1-3-22-25(21,23-4-2)19-17(15-11-7-5-8-12-15)24-18(20-19)16-13-9-6-10-14-16/h5-14H,3-4H2,1-2H3. The lowest BCUT2D eigenvalue weighted by Gasteiger charge is -2.15. The topological polar surface area (TPSA) is 61.6 Å². The first kappa shape index (κ1) is 17.6. The highest BCUT2D eigenvalue weighted by Crippen LogP contribution is 2.49. The number of hydrogen-bond acceptors (Lipinski definition) is 5. The Hall–Kier alpha value is -2.20. The van der Waals surface area contributed by atoms with Crippen LogP contribution < -0.4 is 5.44 Å². The third-order valence-corrected chi connectivity index (χ3v) is 5.54. The van der Waals surface area contributed by atoms with Gasteiger partial charge >= 0.3 is 7.60 Å². The van der Waals surface area contributed by atoms with Crippen LogP contribution in [-0.4, -0.2) is 18.2 Å². The van der Waals surface area contributed by atoms with E-state index in [4.69, 9.17) is 13.5 Å². The van der Waals surface area contributed by atoms with Gasteiger partial charge in [0.2, 0.25) is 5.89 Å². The molecule has 1 aromatic heterocycles. The summed E-state index contributed by atoms with van der Waals surface area (Å²) in [7, 11) is -3.58. The average molecular weight is 357 g/mol. The minimum Gasteiger partial charge on any atom is -0.435 e. The SMILES string of the molecule is CCOP(=O)(OCC)c1nc(-c2ccccc2)oc1-c1ccccc1. The zero-order chi connectivity index (χ0) is 17.7. The number of hydrogen-bond donors (Lipinski definition) is 0. The van der Waals surface area contributed by atoms with Crippen LogP contribution in [0.1, 0.15) is 13.8 Å². The Morgan fingerprint density at radius 3 is 1.92 bits per heavy atom. The molecule has 0 unspecified atom stereocenters. The van der Waals surface area contributed by atoms with Gasteiger partial charge in [-0.3, -0.25) is 4.57 Å². The van der Waals surface area contributed by atoms with E-state index in [1.807, 2.05) is 60.7 Å². The summed E-state index contributed by atoms with van der Waals surface area (Å²) in [5, 5.41) is 0. The van der Waals surface area contributed by atoms with Crippen molar-refractivity contribution in [3.05, 3.63) is 60.7 Å². The van der Waals surface area contributed by atoms with Crippen molar-refractivity contribution in [3.8, 4) is 22.8 Å². The summed E-state index contributed by atoms with van der Waals surface area (Å²) in [6.45, 7) is 4.04. The Kier molecular flexibility index (Phi) is 5.49. The number of nitrogens with zero attached hydrogens (tertiary/aromatic N) is 1. The molecule has 0 fully saturated rings. The van der Waals surface area contributed by atoms with Crippen molar-refractivity contribution >= 4 is 13.0 Å². The first-order chi connectivity index (χ1) is 12.2. The molecule has 0 aliphatic carbocycles. The van der Waals surface area contributed by atoms with E-state index in [2.05, 4.69) is 4.98 Å². The Balaban J connectivity index is 2.18. The molecule has 0 bridgehead atoms. The minimum atomic E-state index is -3.58. The lowest BCUT2D eigenvalue weighted by Crippen LogP contribution is -2.14. The van der Waals surface area contributed by atoms with Gasteiger partial charge in [0.15, 0.2) is 11.2 Å². The molecule has 6 heteroatoms. The Labute approximate surface area is 147 Å². The second kappa shape index (κ2) is 7.79. The second-order valence-electron chi connectivity index (χ2n) is 5.24. The van der Waals surface area contributed by atoms with Gasteiger partial charge in [-0.2, -0.15) is 0 Å². The molecule has 0 aliphatic rings. The quantitative estimate of drug-likeness (QED) is 0.563. The highest BCUT2D eigenvalue weighted by atomic mass is 31.2. The molecule has 3 rings (SSSR count). The highest BCUT2D eigenvalue weighted by molar-refractivity contribution is 7.62. The largest absolute Gasteiger partial charge is 0.435 e. The molecule has 3 aromatic rings. The summed E-state index contributed by atoms with van der Waals surface area (Å²) in [5.74, 6) is 0.791. The Morgan fingerprint density at radius 1 is 0.880 bits per heavy atom. The maximum Gasteiger partial charge on any atom is 0.383 e. The van der Waals surface area contributed by atoms with E-state index < -0.39 is 7.60 Å². The van der Waals surface area contributed by atoms with Gasteiger partial charge in [-0.15, -0.1) is 0 Å². The van der Waals surface area contributed by atoms with Crippen molar-refractivity contribution in [1.29, 1.82) is 0 Å². The van der Waals surface area contributed by atoms with Crippen molar-refractivity contribution in [1.82, 2.24) is 4.98 Å². The van der Waals surface area contributed by atoms with Gasteiger partial charge in [-0.25, -0.2) is 4.98 Å². The fourth-order valence-electron chi connectivity index (χ4n) is 2.48. The van der Waals surface area contributed by atoms with Crippen LogP contribution in [0.15, 0.2) is 65.1 Å². The zero-order valence-electron chi connectivity index (χ0n) is 14.2. The van der Waals surface area contributed by atoms with Crippen molar-refractivity contribution in [2.75, 3.05) is 13.2 Å². The van der Waals surface area contributed by atoms with Crippen molar-refractivity contribution in [2.45, 2.75) is 13.8 Å². The predicted molar refractivity (Wildman–Crippen MR) is 97.9 cm³/mol.